The highest BCUT2D eigenvalue weighted by atomic mass is 17.1. The van der Waals surface area contributed by atoms with E-state index in [1.165, 1.54) is 6.42 Å². The zero-order chi connectivity index (χ0) is 10.7. The first-order chi connectivity index (χ1) is 6.50. The molecular formula is C10H21NO3. The van der Waals surface area contributed by atoms with Crippen LogP contribution in [-0.4, -0.2) is 21.9 Å². The summed E-state index contributed by atoms with van der Waals surface area (Å²) in [4.78, 5) is 4.98. The molecule has 0 aromatic rings. The number of rotatable bonds is 3. The Morgan fingerprint density at radius 2 is 1.93 bits per heavy atom. The lowest BCUT2D eigenvalue weighted by molar-refractivity contribution is -0.510. The number of hydrogen-bond acceptors (Lipinski definition) is 4. The van der Waals surface area contributed by atoms with Crippen molar-refractivity contribution in [2.45, 2.75) is 46.1 Å². The van der Waals surface area contributed by atoms with Gasteiger partial charge in [0.25, 0.3) is 0 Å². The van der Waals surface area contributed by atoms with E-state index in [0.717, 1.165) is 12.8 Å². The third kappa shape index (κ3) is 3.20. The van der Waals surface area contributed by atoms with Crippen LogP contribution < -0.4 is 0 Å². The first-order valence-corrected chi connectivity index (χ1v) is 5.35. The van der Waals surface area contributed by atoms with Gasteiger partial charge in [-0.15, -0.1) is 0 Å². The molecule has 0 radical (unpaired) electrons. The fraction of sp³-hybridized carbons (Fsp3) is 1.00. The molecular weight excluding hydrogens is 182 g/mol. The van der Waals surface area contributed by atoms with E-state index in [2.05, 4.69) is 20.8 Å². The van der Waals surface area contributed by atoms with Gasteiger partial charge >= 0.3 is 0 Å². The SMILES string of the molecule is CC1CCC(C(C)C)C(ON(O)O)C1. The molecule has 0 heterocycles. The highest BCUT2D eigenvalue weighted by Crippen LogP contribution is 2.35. The lowest BCUT2D eigenvalue weighted by Gasteiger charge is -2.36. The van der Waals surface area contributed by atoms with E-state index in [4.69, 9.17) is 15.3 Å². The molecule has 1 fully saturated rings. The zero-order valence-corrected chi connectivity index (χ0v) is 9.18. The summed E-state index contributed by atoms with van der Waals surface area (Å²) in [6, 6.07) is 0. The van der Waals surface area contributed by atoms with Crippen molar-refractivity contribution in [1.82, 2.24) is 5.39 Å². The van der Waals surface area contributed by atoms with Crippen molar-refractivity contribution in [2.24, 2.45) is 17.8 Å². The van der Waals surface area contributed by atoms with E-state index in [1.807, 2.05) is 0 Å². The van der Waals surface area contributed by atoms with Crippen molar-refractivity contribution in [2.75, 3.05) is 0 Å². The van der Waals surface area contributed by atoms with Crippen LogP contribution in [0.5, 0.6) is 0 Å². The molecule has 14 heavy (non-hydrogen) atoms. The Morgan fingerprint density at radius 1 is 1.29 bits per heavy atom. The minimum Gasteiger partial charge on any atom is -0.266 e. The predicted molar refractivity (Wildman–Crippen MR) is 51.6 cm³/mol. The summed E-state index contributed by atoms with van der Waals surface area (Å²) in [7, 11) is 0. The fourth-order valence-corrected chi connectivity index (χ4v) is 2.36. The van der Waals surface area contributed by atoms with Gasteiger partial charge in [-0.2, -0.15) is 0 Å². The molecule has 1 saturated carbocycles. The standard InChI is InChI=1S/C10H21NO3/c1-7(2)9-5-4-8(3)6-10(9)14-11(12)13/h7-10,12-13H,4-6H2,1-3H3. The van der Waals surface area contributed by atoms with Crippen molar-refractivity contribution in [1.29, 1.82) is 0 Å². The van der Waals surface area contributed by atoms with Gasteiger partial charge in [-0.3, -0.25) is 10.4 Å². The van der Waals surface area contributed by atoms with Crippen LogP contribution in [0.25, 0.3) is 0 Å². The van der Waals surface area contributed by atoms with Gasteiger partial charge in [0.2, 0.25) is 0 Å². The molecule has 0 bridgehead atoms. The Bertz CT molecular complexity index is 171. The van der Waals surface area contributed by atoms with Crippen molar-refractivity contribution in [3.05, 3.63) is 0 Å². The van der Waals surface area contributed by atoms with Crippen LogP contribution in [0, 0.1) is 17.8 Å². The molecule has 0 aromatic carbocycles. The maximum Gasteiger partial charge on any atom is 0.0877 e. The van der Waals surface area contributed by atoms with Crippen LogP contribution in [0.15, 0.2) is 0 Å². The molecule has 0 saturated heterocycles. The summed E-state index contributed by atoms with van der Waals surface area (Å²) < 4.78 is 0. The first kappa shape index (κ1) is 11.9. The minimum absolute atomic E-state index is 0.0613. The lowest BCUT2D eigenvalue weighted by Crippen LogP contribution is -2.37. The van der Waals surface area contributed by atoms with Crippen LogP contribution in [-0.2, 0) is 4.84 Å². The Morgan fingerprint density at radius 3 is 2.43 bits per heavy atom. The molecule has 4 heteroatoms. The molecule has 0 aliphatic heterocycles. The van der Waals surface area contributed by atoms with E-state index >= 15 is 0 Å². The largest absolute Gasteiger partial charge is 0.266 e. The fourth-order valence-electron chi connectivity index (χ4n) is 2.36. The molecule has 0 spiro atoms. The lowest BCUT2D eigenvalue weighted by atomic mass is 9.75. The summed E-state index contributed by atoms with van der Waals surface area (Å²) >= 11 is 0. The number of hydrogen-bond donors (Lipinski definition) is 2. The van der Waals surface area contributed by atoms with E-state index in [-0.39, 0.29) is 11.5 Å². The van der Waals surface area contributed by atoms with Gasteiger partial charge in [-0.05, 0) is 30.6 Å². The minimum atomic E-state index is -0.141. The summed E-state index contributed by atoms with van der Waals surface area (Å²) in [5, 5.41) is 17.2. The van der Waals surface area contributed by atoms with Crippen molar-refractivity contribution in [3.8, 4) is 0 Å². The topological polar surface area (TPSA) is 52.9 Å². The molecule has 0 aromatic heterocycles. The van der Waals surface area contributed by atoms with Crippen molar-refractivity contribution < 1.29 is 15.3 Å². The predicted octanol–water partition coefficient (Wildman–Crippen LogP) is 2.46. The highest BCUT2D eigenvalue weighted by Gasteiger charge is 2.32. The van der Waals surface area contributed by atoms with Gasteiger partial charge in [0.1, 0.15) is 0 Å². The molecule has 0 amide bonds. The number of nitrogens with zero attached hydrogens (tertiary/aromatic N) is 1. The third-order valence-corrected chi connectivity index (χ3v) is 3.19. The Balaban J connectivity index is 2.54. The second-order valence-corrected chi connectivity index (χ2v) is 4.72. The van der Waals surface area contributed by atoms with Crippen molar-refractivity contribution in [3.63, 3.8) is 0 Å². The molecule has 4 nitrogen and oxygen atoms in total. The molecule has 2 N–H and O–H groups in total. The van der Waals surface area contributed by atoms with Gasteiger partial charge in [0.15, 0.2) is 0 Å². The molecule has 1 rings (SSSR count). The van der Waals surface area contributed by atoms with Crippen molar-refractivity contribution >= 4 is 0 Å². The second-order valence-electron chi connectivity index (χ2n) is 4.72. The van der Waals surface area contributed by atoms with Crippen LogP contribution in [0.2, 0.25) is 0 Å². The summed E-state index contributed by atoms with van der Waals surface area (Å²) in [6.45, 7) is 6.47. The van der Waals surface area contributed by atoms with Gasteiger partial charge in [-0.25, -0.2) is 4.84 Å². The van der Waals surface area contributed by atoms with Gasteiger partial charge in [0, 0.05) is 0 Å². The summed E-state index contributed by atoms with van der Waals surface area (Å²) in [5.41, 5.74) is 0. The van der Waals surface area contributed by atoms with Crippen LogP contribution in [0.1, 0.15) is 40.0 Å². The zero-order valence-electron chi connectivity index (χ0n) is 9.18. The Kier molecular flexibility index (Phi) is 4.31. The third-order valence-electron chi connectivity index (χ3n) is 3.19. The molecule has 3 atom stereocenters. The van der Waals surface area contributed by atoms with Crippen LogP contribution in [0.3, 0.4) is 0 Å². The Hall–Kier alpha value is -0.160. The molecule has 3 unspecified atom stereocenters. The molecule has 84 valence electrons. The van der Waals surface area contributed by atoms with E-state index in [0.29, 0.717) is 17.8 Å². The first-order valence-electron chi connectivity index (χ1n) is 5.35. The van der Waals surface area contributed by atoms with Crippen LogP contribution in [0.4, 0.5) is 0 Å². The maximum atomic E-state index is 8.66. The normalized spacial score (nSPS) is 34.1. The summed E-state index contributed by atoms with van der Waals surface area (Å²) in [5.74, 6) is 1.55. The highest BCUT2D eigenvalue weighted by molar-refractivity contribution is 4.80. The molecule has 1 aliphatic rings. The van der Waals surface area contributed by atoms with Crippen LogP contribution >= 0.6 is 0 Å². The van der Waals surface area contributed by atoms with E-state index in [9.17, 15) is 0 Å². The maximum absolute atomic E-state index is 8.66. The Labute approximate surface area is 85.3 Å². The van der Waals surface area contributed by atoms with Gasteiger partial charge < -0.3 is 0 Å². The monoisotopic (exact) mass is 203 g/mol. The molecule has 1 aliphatic carbocycles. The smallest absolute Gasteiger partial charge is 0.0877 e. The average Bonchev–Trinajstić information content (AvgIpc) is 2.01. The quantitative estimate of drug-likeness (QED) is 0.692. The van der Waals surface area contributed by atoms with Gasteiger partial charge in [-0.1, -0.05) is 27.2 Å². The van der Waals surface area contributed by atoms with Gasteiger partial charge in [0.05, 0.1) is 11.5 Å². The second kappa shape index (κ2) is 5.07. The van der Waals surface area contributed by atoms with E-state index < -0.39 is 0 Å². The van der Waals surface area contributed by atoms with E-state index in [1.54, 1.807) is 0 Å². The summed E-state index contributed by atoms with van der Waals surface area (Å²) in [6.07, 6.45) is 3.16. The average molecular weight is 203 g/mol.